The highest BCUT2D eigenvalue weighted by Crippen LogP contribution is 2.50. The fraction of sp³-hybridized carbons (Fsp3) is 0.368. The van der Waals surface area contributed by atoms with E-state index in [-0.39, 0.29) is 23.4 Å². The molecule has 0 radical (unpaired) electrons. The van der Waals surface area contributed by atoms with Crippen LogP contribution < -0.4 is 5.63 Å². The number of fused-ring (bicyclic) bond motifs is 3. The van der Waals surface area contributed by atoms with Crippen LogP contribution in [-0.2, 0) is 16.0 Å². The summed E-state index contributed by atoms with van der Waals surface area (Å²) in [5.74, 6) is 6.59. The molecule has 0 amide bonds. The number of benzene rings is 1. The van der Waals surface area contributed by atoms with E-state index >= 15 is 0 Å². The van der Waals surface area contributed by atoms with E-state index in [0.717, 1.165) is 29.4 Å². The highest BCUT2D eigenvalue weighted by Gasteiger charge is 2.54. The fourth-order valence-corrected chi connectivity index (χ4v) is 3.46. The minimum absolute atomic E-state index is 0.0795. The molecular weight excluding hydrogens is 292 g/mol. The first kappa shape index (κ1) is 14.1. The van der Waals surface area contributed by atoms with Crippen molar-refractivity contribution in [1.29, 1.82) is 0 Å². The molecule has 2 aliphatic carbocycles. The molecule has 3 atom stereocenters. The highest BCUT2D eigenvalue weighted by molar-refractivity contribution is 5.80. The van der Waals surface area contributed by atoms with Gasteiger partial charge in [-0.1, -0.05) is 11.8 Å². The van der Waals surface area contributed by atoms with Crippen LogP contribution in [0, 0.1) is 29.6 Å². The molecule has 0 bridgehead atoms. The van der Waals surface area contributed by atoms with Crippen LogP contribution in [0.5, 0.6) is 0 Å². The maximum absolute atomic E-state index is 12.0. The molecular formula is C19H16O4. The number of aryl methyl sites for hydroxylation is 1. The summed E-state index contributed by atoms with van der Waals surface area (Å²) in [4.78, 5) is 23.3. The molecule has 0 saturated heterocycles. The van der Waals surface area contributed by atoms with Crippen LogP contribution >= 0.6 is 0 Å². The zero-order chi connectivity index (χ0) is 16.0. The number of carbonyl (C=O) groups excluding carboxylic acids is 1. The van der Waals surface area contributed by atoms with Crippen LogP contribution in [-0.4, -0.2) is 12.6 Å². The zero-order valence-corrected chi connectivity index (χ0v) is 12.8. The van der Waals surface area contributed by atoms with Gasteiger partial charge in [0.25, 0.3) is 0 Å². The minimum Gasteiger partial charge on any atom is -0.466 e. The van der Waals surface area contributed by atoms with E-state index in [9.17, 15) is 9.59 Å². The smallest absolute Gasteiger partial charge is 0.336 e. The van der Waals surface area contributed by atoms with Crippen LogP contribution in [0.3, 0.4) is 0 Å². The summed E-state index contributed by atoms with van der Waals surface area (Å²) in [6.45, 7) is 2.23. The Balaban J connectivity index is 1.69. The van der Waals surface area contributed by atoms with Gasteiger partial charge in [0.1, 0.15) is 5.58 Å². The summed E-state index contributed by atoms with van der Waals surface area (Å²) in [5, 5.41) is 0.903. The normalized spacial score (nSPS) is 24.5. The van der Waals surface area contributed by atoms with E-state index < -0.39 is 0 Å². The lowest BCUT2D eigenvalue weighted by molar-refractivity contribution is -0.145. The molecule has 116 valence electrons. The van der Waals surface area contributed by atoms with Gasteiger partial charge in [-0.3, -0.25) is 4.79 Å². The lowest BCUT2D eigenvalue weighted by atomic mass is 9.97. The lowest BCUT2D eigenvalue weighted by Crippen LogP contribution is -2.08. The van der Waals surface area contributed by atoms with Crippen LogP contribution in [0.15, 0.2) is 33.5 Å². The second-order valence-electron chi connectivity index (χ2n) is 6.08. The Morgan fingerprint density at radius 3 is 3.09 bits per heavy atom. The molecule has 0 N–H and O–H groups in total. The standard InChI is InChI=1S/C19H16O4/c1-2-22-19(21)18-14-6-3-11-9-13-5-8-17(20)23-16(13)10-12(11)4-7-15(14)18/h5,8-10,14-15,18H,2-3,6H2,1H3. The molecule has 3 unspecified atom stereocenters. The van der Waals surface area contributed by atoms with Gasteiger partial charge in [0.05, 0.1) is 12.5 Å². The average Bonchev–Trinajstić information content (AvgIpc) is 3.21. The largest absolute Gasteiger partial charge is 0.466 e. The predicted molar refractivity (Wildman–Crippen MR) is 84.8 cm³/mol. The van der Waals surface area contributed by atoms with Crippen molar-refractivity contribution in [3.8, 4) is 11.8 Å². The van der Waals surface area contributed by atoms with E-state index in [1.807, 2.05) is 19.1 Å². The maximum atomic E-state index is 12.0. The van der Waals surface area contributed by atoms with E-state index in [0.29, 0.717) is 18.1 Å². The number of rotatable bonds is 2. The number of carbonyl (C=O) groups is 1. The van der Waals surface area contributed by atoms with Gasteiger partial charge < -0.3 is 9.15 Å². The maximum Gasteiger partial charge on any atom is 0.336 e. The van der Waals surface area contributed by atoms with Crippen molar-refractivity contribution in [2.24, 2.45) is 17.8 Å². The molecule has 23 heavy (non-hydrogen) atoms. The molecule has 1 saturated carbocycles. The summed E-state index contributed by atoms with van der Waals surface area (Å²) in [6, 6.07) is 7.07. The van der Waals surface area contributed by atoms with Gasteiger partial charge in [-0.15, -0.1) is 0 Å². The number of esters is 1. The number of hydrogen-bond donors (Lipinski definition) is 0. The summed E-state index contributed by atoms with van der Waals surface area (Å²) in [6.07, 6.45) is 1.80. The zero-order valence-electron chi connectivity index (χ0n) is 12.8. The number of hydrogen-bond acceptors (Lipinski definition) is 4. The monoisotopic (exact) mass is 308 g/mol. The van der Waals surface area contributed by atoms with Crippen molar-refractivity contribution in [3.63, 3.8) is 0 Å². The third-order valence-corrected chi connectivity index (χ3v) is 4.69. The number of ether oxygens (including phenoxy) is 1. The first-order valence-electron chi connectivity index (χ1n) is 7.92. The van der Waals surface area contributed by atoms with Crippen molar-refractivity contribution >= 4 is 16.9 Å². The molecule has 1 aromatic heterocycles. The Labute approximate surface area is 133 Å². The van der Waals surface area contributed by atoms with Crippen molar-refractivity contribution in [1.82, 2.24) is 0 Å². The molecule has 2 aromatic rings. The van der Waals surface area contributed by atoms with Gasteiger partial charge in [0.2, 0.25) is 0 Å². The van der Waals surface area contributed by atoms with Crippen molar-refractivity contribution < 1.29 is 13.9 Å². The Hall–Kier alpha value is -2.54. The second-order valence-corrected chi connectivity index (χ2v) is 6.08. The first-order chi connectivity index (χ1) is 11.2. The lowest BCUT2D eigenvalue weighted by Gasteiger charge is -2.08. The van der Waals surface area contributed by atoms with Crippen LogP contribution in [0.1, 0.15) is 24.5 Å². The van der Waals surface area contributed by atoms with Gasteiger partial charge in [0, 0.05) is 22.9 Å². The Morgan fingerprint density at radius 1 is 1.39 bits per heavy atom. The molecule has 1 fully saturated rings. The Morgan fingerprint density at radius 2 is 2.26 bits per heavy atom. The van der Waals surface area contributed by atoms with Crippen molar-refractivity contribution in [2.75, 3.05) is 6.61 Å². The van der Waals surface area contributed by atoms with Gasteiger partial charge >= 0.3 is 11.6 Å². The Bertz CT molecular complexity index is 912. The fourth-order valence-electron chi connectivity index (χ4n) is 3.46. The molecule has 4 nitrogen and oxygen atoms in total. The first-order valence-corrected chi connectivity index (χ1v) is 7.92. The second kappa shape index (κ2) is 5.27. The minimum atomic E-state index is -0.360. The average molecular weight is 308 g/mol. The summed E-state index contributed by atoms with van der Waals surface area (Å²) < 4.78 is 10.4. The Kier molecular flexibility index (Phi) is 3.23. The molecule has 4 heteroatoms. The molecule has 4 rings (SSSR count). The van der Waals surface area contributed by atoms with Crippen molar-refractivity contribution in [2.45, 2.75) is 19.8 Å². The third-order valence-electron chi connectivity index (χ3n) is 4.69. The molecule has 0 spiro atoms. The SMILES string of the molecule is CCOC(=O)C1C2C#Cc3cc4oc(=O)ccc4cc3CCC21. The summed E-state index contributed by atoms with van der Waals surface area (Å²) in [7, 11) is 0. The third kappa shape index (κ3) is 2.43. The van der Waals surface area contributed by atoms with E-state index in [1.54, 1.807) is 6.07 Å². The topological polar surface area (TPSA) is 56.5 Å². The molecule has 1 heterocycles. The van der Waals surface area contributed by atoms with Gasteiger partial charge in [-0.05, 0) is 49.4 Å². The van der Waals surface area contributed by atoms with Crippen LogP contribution in [0.4, 0.5) is 0 Å². The van der Waals surface area contributed by atoms with Gasteiger partial charge in [-0.2, -0.15) is 0 Å². The van der Waals surface area contributed by atoms with E-state index in [1.165, 1.54) is 6.07 Å². The molecule has 0 aliphatic heterocycles. The van der Waals surface area contributed by atoms with Gasteiger partial charge in [-0.25, -0.2) is 4.79 Å². The van der Waals surface area contributed by atoms with Crippen LogP contribution in [0.25, 0.3) is 11.0 Å². The molecule has 1 aromatic carbocycles. The summed E-state index contributed by atoms with van der Waals surface area (Å²) in [5.41, 5.74) is 2.23. The highest BCUT2D eigenvalue weighted by atomic mass is 16.5. The summed E-state index contributed by atoms with van der Waals surface area (Å²) >= 11 is 0. The molecule has 2 aliphatic rings. The van der Waals surface area contributed by atoms with Crippen LogP contribution in [0.2, 0.25) is 0 Å². The quantitative estimate of drug-likeness (QED) is 0.486. The van der Waals surface area contributed by atoms with E-state index in [2.05, 4.69) is 11.8 Å². The van der Waals surface area contributed by atoms with Crippen molar-refractivity contribution in [3.05, 3.63) is 45.8 Å². The predicted octanol–water partition coefficient (Wildman–Crippen LogP) is 2.52. The van der Waals surface area contributed by atoms with Gasteiger partial charge in [0.15, 0.2) is 0 Å². The van der Waals surface area contributed by atoms with E-state index in [4.69, 9.17) is 9.15 Å².